The first-order valence-corrected chi connectivity index (χ1v) is 10.8. The lowest BCUT2D eigenvalue weighted by atomic mass is 10.2. The van der Waals surface area contributed by atoms with E-state index in [1.54, 1.807) is 11.0 Å². The van der Waals surface area contributed by atoms with Crippen molar-refractivity contribution in [1.82, 2.24) is 14.1 Å². The number of amides is 1. The van der Waals surface area contributed by atoms with Crippen LogP contribution in [-0.2, 0) is 25.3 Å². The SMILES string of the molecule is O=C(CN1CCN(S(=O)(=O)Cc2ccccc2[N+](=O)[O-])CC1)N1CCOCC1. The first-order chi connectivity index (χ1) is 13.4. The summed E-state index contributed by atoms with van der Waals surface area (Å²) in [6, 6.07) is 5.87. The molecule has 0 saturated carbocycles. The summed E-state index contributed by atoms with van der Waals surface area (Å²) < 4.78 is 32.0. The second-order valence-electron chi connectivity index (χ2n) is 6.81. The molecule has 2 saturated heterocycles. The second kappa shape index (κ2) is 8.95. The minimum Gasteiger partial charge on any atom is -0.378 e. The topological polar surface area (TPSA) is 113 Å². The van der Waals surface area contributed by atoms with Gasteiger partial charge in [-0.2, -0.15) is 4.31 Å². The maximum atomic E-state index is 12.7. The number of hydrogen-bond acceptors (Lipinski definition) is 7. The molecule has 0 spiro atoms. The standard InChI is InChI=1S/C17H24N4O6S/c22-17(19-9-11-27-12-10-19)13-18-5-7-20(8-6-18)28(25,26)14-15-3-1-2-4-16(15)21(23)24/h1-4H,5-14H2. The molecule has 0 bridgehead atoms. The van der Waals surface area contributed by atoms with Gasteiger partial charge in [-0.25, -0.2) is 8.42 Å². The Morgan fingerprint density at radius 1 is 1.07 bits per heavy atom. The lowest BCUT2D eigenvalue weighted by molar-refractivity contribution is -0.385. The highest BCUT2D eigenvalue weighted by atomic mass is 32.2. The average molecular weight is 412 g/mol. The number of para-hydroxylation sites is 1. The third-order valence-electron chi connectivity index (χ3n) is 4.97. The number of nitro groups is 1. The molecule has 28 heavy (non-hydrogen) atoms. The lowest BCUT2D eigenvalue weighted by Gasteiger charge is -2.35. The van der Waals surface area contributed by atoms with Crippen LogP contribution in [0.25, 0.3) is 0 Å². The van der Waals surface area contributed by atoms with Gasteiger partial charge in [-0.1, -0.05) is 18.2 Å². The quantitative estimate of drug-likeness (QED) is 0.474. The Labute approximate surface area is 163 Å². The maximum Gasteiger partial charge on any atom is 0.273 e. The predicted octanol–water partition coefficient (Wildman–Crippen LogP) is -0.0990. The van der Waals surface area contributed by atoms with Gasteiger partial charge < -0.3 is 9.64 Å². The Kier molecular flexibility index (Phi) is 6.60. The number of carbonyl (C=O) groups excluding carboxylic acids is 1. The number of nitro benzene ring substituents is 1. The second-order valence-corrected chi connectivity index (χ2v) is 8.78. The molecule has 1 amide bonds. The minimum absolute atomic E-state index is 0.0273. The Morgan fingerprint density at radius 2 is 1.71 bits per heavy atom. The zero-order valence-corrected chi connectivity index (χ0v) is 16.3. The van der Waals surface area contributed by atoms with E-state index in [-0.39, 0.29) is 36.8 Å². The van der Waals surface area contributed by atoms with Gasteiger partial charge in [0.2, 0.25) is 15.9 Å². The van der Waals surface area contributed by atoms with Gasteiger partial charge in [0.15, 0.2) is 0 Å². The van der Waals surface area contributed by atoms with E-state index in [0.717, 1.165) is 0 Å². The van der Waals surface area contributed by atoms with Crippen LogP contribution < -0.4 is 0 Å². The Balaban J connectivity index is 1.55. The maximum absolute atomic E-state index is 12.7. The molecule has 2 heterocycles. The number of rotatable bonds is 6. The summed E-state index contributed by atoms with van der Waals surface area (Å²) in [7, 11) is -3.67. The lowest BCUT2D eigenvalue weighted by Crippen LogP contribution is -2.52. The molecule has 0 radical (unpaired) electrons. The zero-order chi connectivity index (χ0) is 20.1. The first-order valence-electron chi connectivity index (χ1n) is 9.15. The van der Waals surface area contributed by atoms with Crippen molar-refractivity contribution in [3.05, 3.63) is 39.9 Å². The molecule has 1 aromatic carbocycles. The van der Waals surface area contributed by atoms with Crippen LogP contribution >= 0.6 is 0 Å². The van der Waals surface area contributed by atoms with Crippen molar-refractivity contribution in [2.24, 2.45) is 0 Å². The summed E-state index contributed by atoms with van der Waals surface area (Å²) in [6.07, 6.45) is 0. The fourth-order valence-corrected chi connectivity index (χ4v) is 4.91. The molecule has 154 valence electrons. The summed E-state index contributed by atoms with van der Waals surface area (Å²) in [5, 5.41) is 11.1. The van der Waals surface area contributed by atoms with Gasteiger partial charge in [0.25, 0.3) is 5.69 Å². The van der Waals surface area contributed by atoms with Gasteiger partial charge in [0, 0.05) is 50.9 Å². The molecule has 10 nitrogen and oxygen atoms in total. The van der Waals surface area contributed by atoms with E-state index in [1.807, 2.05) is 4.90 Å². The van der Waals surface area contributed by atoms with Crippen molar-refractivity contribution in [3.8, 4) is 0 Å². The van der Waals surface area contributed by atoms with Crippen LogP contribution in [-0.4, -0.2) is 92.4 Å². The summed E-state index contributed by atoms with van der Waals surface area (Å²) in [6.45, 7) is 3.95. The number of nitrogens with zero attached hydrogens (tertiary/aromatic N) is 4. The van der Waals surface area contributed by atoms with Crippen molar-refractivity contribution in [1.29, 1.82) is 0 Å². The normalized spacial score (nSPS) is 19.5. The smallest absolute Gasteiger partial charge is 0.273 e. The molecule has 3 rings (SSSR count). The monoisotopic (exact) mass is 412 g/mol. The van der Waals surface area contributed by atoms with Gasteiger partial charge in [0.05, 0.1) is 30.4 Å². The molecular formula is C17H24N4O6S. The molecule has 0 aromatic heterocycles. The number of morpholine rings is 1. The number of carbonyl (C=O) groups is 1. The van der Waals surface area contributed by atoms with Gasteiger partial charge in [-0.05, 0) is 0 Å². The molecule has 0 unspecified atom stereocenters. The van der Waals surface area contributed by atoms with Crippen molar-refractivity contribution >= 4 is 21.6 Å². The van der Waals surface area contributed by atoms with Crippen LogP contribution in [0.3, 0.4) is 0 Å². The summed E-state index contributed by atoms with van der Waals surface area (Å²) in [4.78, 5) is 26.6. The number of ether oxygens (including phenoxy) is 1. The third-order valence-corrected chi connectivity index (χ3v) is 6.80. The Bertz CT molecular complexity index is 817. The molecule has 0 N–H and O–H groups in total. The van der Waals surface area contributed by atoms with Crippen LogP contribution in [0, 0.1) is 10.1 Å². The van der Waals surface area contributed by atoms with E-state index in [0.29, 0.717) is 39.4 Å². The van der Waals surface area contributed by atoms with Gasteiger partial charge in [0.1, 0.15) is 0 Å². The average Bonchev–Trinajstić information content (AvgIpc) is 2.69. The largest absolute Gasteiger partial charge is 0.378 e. The summed E-state index contributed by atoms with van der Waals surface area (Å²) in [5.74, 6) is -0.379. The van der Waals surface area contributed by atoms with E-state index < -0.39 is 20.7 Å². The molecule has 2 fully saturated rings. The van der Waals surface area contributed by atoms with Crippen LogP contribution in [0.4, 0.5) is 5.69 Å². The van der Waals surface area contributed by atoms with E-state index in [4.69, 9.17) is 4.74 Å². The minimum atomic E-state index is -3.67. The van der Waals surface area contributed by atoms with E-state index >= 15 is 0 Å². The number of sulfonamides is 1. The highest BCUT2D eigenvalue weighted by Gasteiger charge is 2.30. The molecule has 2 aliphatic heterocycles. The van der Waals surface area contributed by atoms with Gasteiger partial charge in [-0.3, -0.25) is 19.8 Å². The van der Waals surface area contributed by atoms with Crippen molar-refractivity contribution in [3.63, 3.8) is 0 Å². The third kappa shape index (κ3) is 5.04. The number of hydrogen-bond donors (Lipinski definition) is 0. The van der Waals surface area contributed by atoms with E-state index in [9.17, 15) is 23.3 Å². The zero-order valence-electron chi connectivity index (χ0n) is 15.5. The molecule has 11 heteroatoms. The van der Waals surface area contributed by atoms with Gasteiger partial charge in [-0.15, -0.1) is 0 Å². The highest BCUT2D eigenvalue weighted by Crippen LogP contribution is 2.22. The van der Waals surface area contributed by atoms with Crippen molar-refractivity contribution in [2.45, 2.75) is 5.75 Å². The molecule has 0 aliphatic carbocycles. The first kappa shape index (κ1) is 20.6. The Morgan fingerprint density at radius 3 is 2.36 bits per heavy atom. The number of piperazine rings is 1. The van der Waals surface area contributed by atoms with Crippen LogP contribution in [0.5, 0.6) is 0 Å². The fourth-order valence-electron chi connectivity index (χ4n) is 3.37. The van der Waals surface area contributed by atoms with Crippen LogP contribution in [0.15, 0.2) is 24.3 Å². The van der Waals surface area contributed by atoms with E-state index in [1.165, 1.54) is 22.5 Å². The van der Waals surface area contributed by atoms with Crippen molar-refractivity contribution < 1.29 is 22.9 Å². The van der Waals surface area contributed by atoms with Crippen molar-refractivity contribution in [2.75, 3.05) is 59.0 Å². The number of benzene rings is 1. The summed E-state index contributed by atoms with van der Waals surface area (Å²) in [5.41, 5.74) is -0.0155. The molecule has 2 aliphatic rings. The summed E-state index contributed by atoms with van der Waals surface area (Å²) >= 11 is 0. The molecule has 0 atom stereocenters. The van der Waals surface area contributed by atoms with E-state index in [2.05, 4.69) is 0 Å². The highest BCUT2D eigenvalue weighted by molar-refractivity contribution is 7.88. The van der Waals surface area contributed by atoms with Crippen LogP contribution in [0.2, 0.25) is 0 Å². The molecular weight excluding hydrogens is 388 g/mol. The fraction of sp³-hybridized carbons (Fsp3) is 0.588. The van der Waals surface area contributed by atoms with Crippen LogP contribution in [0.1, 0.15) is 5.56 Å². The van der Waals surface area contributed by atoms with Gasteiger partial charge >= 0.3 is 0 Å². The predicted molar refractivity (Wildman–Crippen MR) is 101 cm³/mol. The Hall–Kier alpha value is -2.08. The molecule has 1 aromatic rings.